The highest BCUT2D eigenvalue weighted by Gasteiger charge is 2.14. The van der Waals surface area contributed by atoms with Gasteiger partial charge in [0.2, 0.25) is 0 Å². The molecule has 0 saturated heterocycles. The van der Waals surface area contributed by atoms with E-state index in [1.165, 1.54) is 0 Å². The molecule has 4 nitrogen and oxygen atoms in total. The van der Waals surface area contributed by atoms with E-state index in [1.54, 1.807) is 19.2 Å². The van der Waals surface area contributed by atoms with Gasteiger partial charge in [0.1, 0.15) is 5.75 Å². The molecule has 102 valence electrons. The number of hydrogen-bond acceptors (Lipinski definition) is 4. The number of β-amino-alcohol motifs (C(OH)–C–C–N with tert-alkyl or cyclic N) is 1. The van der Waals surface area contributed by atoms with Crippen molar-refractivity contribution in [3.63, 3.8) is 0 Å². The fraction of sp³-hybridized carbons (Fsp3) is 0.571. The quantitative estimate of drug-likeness (QED) is 0.746. The zero-order valence-corrected chi connectivity index (χ0v) is 11.5. The van der Waals surface area contributed by atoms with Crippen LogP contribution in [0.5, 0.6) is 5.75 Å². The van der Waals surface area contributed by atoms with E-state index in [9.17, 15) is 10.2 Å². The van der Waals surface area contributed by atoms with Crippen LogP contribution in [-0.2, 0) is 6.61 Å². The van der Waals surface area contributed by atoms with Crippen molar-refractivity contribution in [2.75, 3.05) is 13.7 Å². The van der Waals surface area contributed by atoms with Crippen molar-refractivity contribution in [1.29, 1.82) is 0 Å². The first-order valence-corrected chi connectivity index (χ1v) is 6.08. The van der Waals surface area contributed by atoms with Gasteiger partial charge in [-0.2, -0.15) is 0 Å². The average Bonchev–Trinajstić information content (AvgIpc) is 2.34. The van der Waals surface area contributed by atoms with E-state index in [-0.39, 0.29) is 12.1 Å². The van der Waals surface area contributed by atoms with Gasteiger partial charge in [-0.1, -0.05) is 6.07 Å². The normalized spacial score (nSPS) is 13.4. The summed E-state index contributed by atoms with van der Waals surface area (Å²) >= 11 is 0. The summed E-state index contributed by atoms with van der Waals surface area (Å²) in [4.78, 5) is 0. The van der Waals surface area contributed by atoms with Crippen LogP contribution in [0.3, 0.4) is 0 Å². The summed E-state index contributed by atoms with van der Waals surface area (Å²) in [5.41, 5.74) is 1.43. The highest BCUT2D eigenvalue weighted by Crippen LogP contribution is 2.23. The van der Waals surface area contributed by atoms with Crippen LogP contribution < -0.4 is 10.1 Å². The Morgan fingerprint density at radius 2 is 2.00 bits per heavy atom. The van der Waals surface area contributed by atoms with Crippen LogP contribution in [-0.4, -0.2) is 29.4 Å². The summed E-state index contributed by atoms with van der Waals surface area (Å²) in [5.74, 6) is 0.636. The fourth-order valence-corrected chi connectivity index (χ4v) is 1.65. The molecule has 1 aromatic rings. The molecule has 0 aromatic heterocycles. The minimum Gasteiger partial charge on any atom is -0.496 e. The zero-order chi connectivity index (χ0) is 13.8. The van der Waals surface area contributed by atoms with Crippen LogP contribution in [0.15, 0.2) is 18.2 Å². The maximum absolute atomic E-state index is 10.1. The van der Waals surface area contributed by atoms with Crippen LogP contribution in [0, 0.1) is 0 Å². The Morgan fingerprint density at radius 3 is 2.50 bits per heavy atom. The standard InChI is InChI=1S/C14H23NO3/c1-14(2,3)15-8-12(17)10-5-6-13(18-4)11(7-10)9-16/h5-7,12,15-17H,8-9H2,1-4H3/t12-/m1/s1. The third kappa shape index (κ3) is 4.29. The van der Waals surface area contributed by atoms with Gasteiger partial charge in [-0.05, 0) is 38.5 Å². The summed E-state index contributed by atoms with van der Waals surface area (Å²) in [6, 6.07) is 5.35. The number of rotatable bonds is 5. The van der Waals surface area contributed by atoms with Crippen molar-refractivity contribution >= 4 is 0 Å². The van der Waals surface area contributed by atoms with Gasteiger partial charge in [0, 0.05) is 17.6 Å². The predicted molar refractivity (Wildman–Crippen MR) is 71.6 cm³/mol. The maximum atomic E-state index is 10.1. The Morgan fingerprint density at radius 1 is 1.33 bits per heavy atom. The van der Waals surface area contributed by atoms with E-state index in [1.807, 2.05) is 26.8 Å². The monoisotopic (exact) mass is 253 g/mol. The zero-order valence-electron chi connectivity index (χ0n) is 11.5. The summed E-state index contributed by atoms with van der Waals surface area (Å²) in [6.45, 7) is 6.52. The highest BCUT2D eigenvalue weighted by atomic mass is 16.5. The largest absolute Gasteiger partial charge is 0.496 e. The Hall–Kier alpha value is -1.10. The molecule has 0 spiro atoms. The molecule has 0 heterocycles. The highest BCUT2D eigenvalue weighted by molar-refractivity contribution is 5.37. The van der Waals surface area contributed by atoms with Crippen LogP contribution in [0.1, 0.15) is 38.0 Å². The van der Waals surface area contributed by atoms with Crippen LogP contribution in [0.4, 0.5) is 0 Å². The molecule has 0 aliphatic rings. The van der Waals surface area contributed by atoms with Gasteiger partial charge in [0.25, 0.3) is 0 Å². The van der Waals surface area contributed by atoms with E-state index in [0.717, 1.165) is 5.56 Å². The second kappa shape index (κ2) is 6.18. The van der Waals surface area contributed by atoms with E-state index in [4.69, 9.17) is 4.74 Å². The average molecular weight is 253 g/mol. The number of aliphatic hydroxyl groups excluding tert-OH is 2. The van der Waals surface area contributed by atoms with Crippen LogP contribution in [0.2, 0.25) is 0 Å². The summed E-state index contributed by atoms with van der Waals surface area (Å²) in [5, 5.41) is 22.6. The lowest BCUT2D eigenvalue weighted by Gasteiger charge is -2.23. The molecule has 0 bridgehead atoms. The maximum Gasteiger partial charge on any atom is 0.124 e. The third-order valence-corrected chi connectivity index (χ3v) is 2.69. The molecule has 18 heavy (non-hydrogen) atoms. The molecular formula is C14H23NO3. The molecular weight excluding hydrogens is 230 g/mol. The first-order valence-electron chi connectivity index (χ1n) is 6.08. The molecule has 0 unspecified atom stereocenters. The van der Waals surface area contributed by atoms with Crippen molar-refractivity contribution in [1.82, 2.24) is 5.32 Å². The minimum atomic E-state index is -0.597. The number of methoxy groups -OCH3 is 1. The molecule has 4 heteroatoms. The molecule has 0 aliphatic heterocycles. The van der Waals surface area contributed by atoms with Crippen molar-refractivity contribution in [3.05, 3.63) is 29.3 Å². The number of ether oxygens (including phenoxy) is 1. The van der Waals surface area contributed by atoms with Gasteiger partial charge >= 0.3 is 0 Å². The van der Waals surface area contributed by atoms with Gasteiger partial charge in [-0.3, -0.25) is 0 Å². The molecule has 0 aliphatic carbocycles. The van der Waals surface area contributed by atoms with Crippen LogP contribution in [0.25, 0.3) is 0 Å². The van der Waals surface area contributed by atoms with Gasteiger partial charge in [0.05, 0.1) is 19.8 Å². The molecule has 1 aromatic carbocycles. The molecule has 0 radical (unpaired) electrons. The first kappa shape index (κ1) is 15.0. The van der Waals surface area contributed by atoms with Crippen molar-refractivity contribution in [3.8, 4) is 5.75 Å². The number of hydrogen-bond donors (Lipinski definition) is 3. The van der Waals surface area contributed by atoms with E-state index in [0.29, 0.717) is 17.9 Å². The molecule has 1 rings (SSSR count). The van der Waals surface area contributed by atoms with Gasteiger partial charge in [0.15, 0.2) is 0 Å². The fourth-order valence-electron chi connectivity index (χ4n) is 1.65. The van der Waals surface area contributed by atoms with E-state index >= 15 is 0 Å². The molecule has 0 amide bonds. The van der Waals surface area contributed by atoms with E-state index in [2.05, 4.69) is 5.32 Å². The van der Waals surface area contributed by atoms with Crippen molar-refractivity contribution in [2.24, 2.45) is 0 Å². The third-order valence-electron chi connectivity index (χ3n) is 2.69. The Kier molecular flexibility index (Phi) is 5.14. The minimum absolute atomic E-state index is 0.0345. The topological polar surface area (TPSA) is 61.7 Å². The summed E-state index contributed by atoms with van der Waals surface area (Å²) < 4.78 is 5.13. The number of aliphatic hydroxyl groups is 2. The van der Waals surface area contributed by atoms with Crippen LogP contribution >= 0.6 is 0 Å². The Balaban J connectivity index is 2.77. The lowest BCUT2D eigenvalue weighted by molar-refractivity contribution is 0.163. The second-order valence-electron chi connectivity index (χ2n) is 5.38. The SMILES string of the molecule is COc1ccc([C@H](O)CNC(C)(C)C)cc1CO. The van der Waals surface area contributed by atoms with Crippen molar-refractivity contribution < 1.29 is 14.9 Å². The molecule has 0 saturated carbocycles. The summed E-state index contributed by atoms with van der Waals surface area (Å²) in [7, 11) is 1.56. The number of benzene rings is 1. The molecule has 0 fully saturated rings. The van der Waals surface area contributed by atoms with Gasteiger partial charge < -0.3 is 20.3 Å². The molecule has 1 atom stereocenters. The van der Waals surface area contributed by atoms with Crippen molar-refractivity contribution in [2.45, 2.75) is 39.0 Å². The van der Waals surface area contributed by atoms with E-state index < -0.39 is 6.10 Å². The Labute approximate surface area is 109 Å². The Bertz CT molecular complexity index is 385. The lowest BCUT2D eigenvalue weighted by Crippen LogP contribution is -2.38. The predicted octanol–water partition coefficient (Wildman–Crippen LogP) is 1.61. The second-order valence-corrected chi connectivity index (χ2v) is 5.38. The first-order chi connectivity index (χ1) is 8.37. The number of nitrogens with one attached hydrogen (secondary N) is 1. The molecule has 3 N–H and O–H groups in total. The summed E-state index contributed by atoms with van der Waals surface area (Å²) in [6.07, 6.45) is -0.597. The van der Waals surface area contributed by atoms with Gasteiger partial charge in [-0.25, -0.2) is 0 Å². The smallest absolute Gasteiger partial charge is 0.124 e. The van der Waals surface area contributed by atoms with Gasteiger partial charge in [-0.15, -0.1) is 0 Å². The lowest BCUT2D eigenvalue weighted by atomic mass is 10.0.